The molecule has 1 atom stereocenters. The van der Waals surface area contributed by atoms with Gasteiger partial charge in [0, 0.05) is 18.6 Å². The molecule has 0 saturated heterocycles. The molecular weight excluding hydrogens is 158 g/mol. The van der Waals surface area contributed by atoms with Gasteiger partial charge in [-0.2, -0.15) is 0 Å². The van der Waals surface area contributed by atoms with Crippen LogP contribution in [0.2, 0.25) is 0 Å². The number of hydrogen-bond acceptors (Lipinski definition) is 1. The third kappa shape index (κ3) is 2.34. The van der Waals surface area contributed by atoms with E-state index in [0.717, 1.165) is 0 Å². The van der Waals surface area contributed by atoms with Crippen molar-refractivity contribution in [2.24, 2.45) is 5.92 Å². The molecule has 1 nitrogen and oxygen atoms in total. The second-order valence-corrected chi connectivity index (χ2v) is 4.66. The summed E-state index contributed by atoms with van der Waals surface area (Å²) in [6.07, 6.45) is 3.67. The van der Waals surface area contributed by atoms with Crippen LogP contribution in [-0.4, -0.2) is 23.5 Å². The first-order valence-electron chi connectivity index (χ1n) is 5.49. The molecule has 1 aliphatic rings. The highest BCUT2D eigenvalue weighted by Gasteiger charge is 2.24. The Morgan fingerprint density at radius 3 is 2.38 bits per heavy atom. The van der Waals surface area contributed by atoms with Gasteiger partial charge in [-0.05, 0) is 33.1 Å². The lowest BCUT2D eigenvalue weighted by molar-refractivity contribution is 0.171. The molecule has 0 amide bonds. The minimum absolute atomic E-state index is 0.647. The van der Waals surface area contributed by atoms with Crippen molar-refractivity contribution in [1.82, 2.24) is 4.90 Å². The van der Waals surface area contributed by atoms with Crippen molar-refractivity contribution in [2.75, 3.05) is 6.54 Å². The van der Waals surface area contributed by atoms with E-state index in [0.29, 0.717) is 18.0 Å². The first-order valence-corrected chi connectivity index (χ1v) is 5.49. The third-order valence-corrected chi connectivity index (χ3v) is 3.08. The Labute approximate surface area is 82.8 Å². The predicted molar refractivity (Wildman–Crippen MR) is 58.8 cm³/mol. The van der Waals surface area contributed by atoms with E-state index >= 15 is 0 Å². The Morgan fingerprint density at radius 1 is 1.31 bits per heavy atom. The molecule has 0 aromatic heterocycles. The number of hydrogen-bond donors (Lipinski definition) is 0. The molecule has 0 aliphatic carbocycles. The monoisotopic (exact) mass is 181 g/mol. The van der Waals surface area contributed by atoms with Gasteiger partial charge >= 0.3 is 0 Å². The van der Waals surface area contributed by atoms with Gasteiger partial charge in [-0.25, -0.2) is 0 Å². The van der Waals surface area contributed by atoms with E-state index < -0.39 is 0 Å². The van der Waals surface area contributed by atoms with Crippen molar-refractivity contribution in [3.05, 3.63) is 11.6 Å². The predicted octanol–water partition coefficient (Wildman–Crippen LogP) is 3.07. The molecule has 1 rings (SSSR count). The van der Waals surface area contributed by atoms with Crippen LogP contribution in [0, 0.1) is 5.92 Å². The maximum absolute atomic E-state index is 2.59. The molecule has 0 N–H and O–H groups in total. The van der Waals surface area contributed by atoms with Gasteiger partial charge in [0.15, 0.2) is 0 Å². The molecule has 1 unspecified atom stereocenters. The van der Waals surface area contributed by atoms with Gasteiger partial charge in [0.25, 0.3) is 0 Å². The van der Waals surface area contributed by atoms with Crippen molar-refractivity contribution in [2.45, 2.75) is 53.1 Å². The Kier molecular flexibility index (Phi) is 3.55. The molecule has 0 aromatic rings. The summed E-state index contributed by atoms with van der Waals surface area (Å²) in [5.74, 6) is 0.705. The normalized spacial score (nSPS) is 25.5. The summed E-state index contributed by atoms with van der Waals surface area (Å²) in [4.78, 5) is 2.59. The van der Waals surface area contributed by atoms with Crippen molar-refractivity contribution in [3.63, 3.8) is 0 Å². The molecule has 76 valence electrons. The summed E-state index contributed by atoms with van der Waals surface area (Å²) in [7, 11) is 0. The molecule has 0 fully saturated rings. The molecule has 0 saturated carbocycles. The van der Waals surface area contributed by atoms with Crippen LogP contribution in [0.5, 0.6) is 0 Å². The topological polar surface area (TPSA) is 3.24 Å². The molecule has 0 radical (unpaired) electrons. The van der Waals surface area contributed by atoms with Crippen LogP contribution in [0.4, 0.5) is 0 Å². The van der Waals surface area contributed by atoms with Crippen LogP contribution in [0.15, 0.2) is 11.6 Å². The van der Waals surface area contributed by atoms with Gasteiger partial charge in [-0.1, -0.05) is 25.5 Å². The quantitative estimate of drug-likeness (QED) is 0.592. The van der Waals surface area contributed by atoms with Gasteiger partial charge < -0.3 is 0 Å². The van der Waals surface area contributed by atoms with Gasteiger partial charge in [0.05, 0.1) is 0 Å². The summed E-state index contributed by atoms with van der Waals surface area (Å²) in [6.45, 7) is 12.7. The van der Waals surface area contributed by atoms with Crippen LogP contribution in [0.3, 0.4) is 0 Å². The van der Waals surface area contributed by atoms with Gasteiger partial charge in [0.2, 0.25) is 0 Å². The molecule has 1 aliphatic heterocycles. The van der Waals surface area contributed by atoms with Crippen LogP contribution in [0.25, 0.3) is 0 Å². The van der Waals surface area contributed by atoms with E-state index in [2.05, 4.69) is 45.6 Å². The zero-order valence-electron chi connectivity index (χ0n) is 9.67. The lowest BCUT2D eigenvalue weighted by Crippen LogP contribution is -2.43. The van der Waals surface area contributed by atoms with Crippen molar-refractivity contribution in [3.8, 4) is 0 Å². The minimum atomic E-state index is 0.647. The largest absolute Gasteiger partial charge is 0.294 e. The van der Waals surface area contributed by atoms with Crippen LogP contribution in [-0.2, 0) is 0 Å². The highest BCUT2D eigenvalue weighted by molar-refractivity contribution is 5.15. The zero-order valence-corrected chi connectivity index (χ0v) is 9.67. The SMILES string of the molecule is CC(C)C1=CCCN(C(C)C)C1C. The summed E-state index contributed by atoms with van der Waals surface area (Å²) in [5, 5.41) is 0. The lowest BCUT2D eigenvalue weighted by Gasteiger charge is -2.38. The zero-order chi connectivity index (χ0) is 10.0. The Balaban J connectivity index is 2.73. The van der Waals surface area contributed by atoms with Crippen LogP contribution >= 0.6 is 0 Å². The highest BCUT2D eigenvalue weighted by atomic mass is 15.2. The van der Waals surface area contributed by atoms with Gasteiger partial charge in [0.1, 0.15) is 0 Å². The smallest absolute Gasteiger partial charge is 0.0284 e. The van der Waals surface area contributed by atoms with E-state index in [1.807, 2.05) is 0 Å². The van der Waals surface area contributed by atoms with Crippen molar-refractivity contribution in [1.29, 1.82) is 0 Å². The maximum Gasteiger partial charge on any atom is 0.0284 e. The molecular formula is C12H23N. The molecule has 1 heterocycles. The molecule has 0 spiro atoms. The van der Waals surface area contributed by atoms with E-state index in [1.165, 1.54) is 13.0 Å². The highest BCUT2D eigenvalue weighted by Crippen LogP contribution is 2.25. The molecule has 1 heteroatoms. The van der Waals surface area contributed by atoms with Crippen LogP contribution in [0.1, 0.15) is 41.0 Å². The summed E-state index contributed by atoms with van der Waals surface area (Å²) >= 11 is 0. The van der Waals surface area contributed by atoms with Crippen LogP contribution < -0.4 is 0 Å². The van der Waals surface area contributed by atoms with E-state index in [-0.39, 0.29) is 0 Å². The minimum Gasteiger partial charge on any atom is -0.294 e. The summed E-state index contributed by atoms with van der Waals surface area (Å²) < 4.78 is 0. The number of nitrogens with zero attached hydrogens (tertiary/aromatic N) is 1. The molecule has 13 heavy (non-hydrogen) atoms. The van der Waals surface area contributed by atoms with Gasteiger partial charge in [-0.15, -0.1) is 0 Å². The van der Waals surface area contributed by atoms with E-state index in [4.69, 9.17) is 0 Å². The van der Waals surface area contributed by atoms with Gasteiger partial charge in [-0.3, -0.25) is 4.90 Å². The Morgan fingerprint density at radius 2 is 1.92 bits per heavy atom. The fourth-order valence-electron chi connectivity index (χ4n) is 2.36. The first kappa shape index (κ1) is 10.8. The second kappa shape index (κ2) is 4.28. The second-order valence-electron chi connectivity index (χ2n) is 4.66. The van der Waals surface area contributed by atoms with Crippen molar-refractivity contribution < 1.29 is 0 Å². The number of rotatable bonds is 2. The molecule has 0 bridgehead atoms. The average Bonchev–Trinajstić information content (AvgIpc) is 2.03. The Hall–Kier alpha value is -0.300. The van der Waals surface area contributed by atoms with Crippen molar-refractivity contribution >= 4 is 0 Å². The average molecular weight is 181 g/mol. The molecule has 0 aromatic carbocycles. The standard InChI is InChI=1S/C12H23N/c1-9(2)12-7-6-8-13(10(3)4)11(12)5/h7,9-11H,6,8H2,1-5H3. The maximum atomic E-state index is 2.59. The summed E-state index contributed by atoms with van der Waals surface area (Å²) in [5.41, 5.74) is 1.62. The van der Waals surface area contributed by atoms with E-state index in [1.54, 1.807) is 5.57 Å². The summed E-state index contributed by atoms with van der Waals surface area (Å²) in [6, 6.07) is 1.33. The fraction of sp³-hybridized carbons (Fsp3) is 0.833. The fourth-order valence-corrected chi connectivity index (χ4v) is 2.36. The Bertz CT molecular complexity index is 191. The lowest BCUT2D eigenvalue weighted by atomic mass is 9.91. The first-order chi connectivity index (χ1) is 6.04. The van der Waals surface area contributed by atoms with E-state index in [9.17, 15) is 0 Å². The third-order valence-electron chi connectivity index (χ3n) is 3.08.